The molecule has 2 amide bonds. The lowest BCUT2D eigenvalue weighted by Crippen LogP contribution is -2.35. The molecule has 1 aliphatic rings. The van der Waals surface area contributed by atoms with Crippen LogP contribution < -0.4 is 10.6 Å². The Kier molecular flexibility index (Phi) is 5.99. The van der Waals surface area contributed by atoms with Gasteiger partial charge in [-0.2, -0.15) is 5.10 Å². The summed E-state index contributed by atoms with van der Waals surface area (Å²) in [5.74, 6) is 0.467. The molecule has 0 saturated heterocycles. The van der Waals surface area contributed by atoms with E-state index in [2.05, 4.69) is 20.7 Å². The van der Waals surface area contributed by atoms with Gasteiger partial charge in [0.15, 0.2) is 5.82 Å². The maximum absolute atomic E-state index is 12.5. The summed E-state index contributed by atoms with van der Waals surface area (Å²) in [5.41, 5.74) is 1.32. The van der Waals surface area contributed by atoms with E-state index in [4.69, 9.17) is 0 Å². The Morgan fingerprint density at radius 2 is 2.08 bits per heavy atom. The number of pyridine rings is 1. The molecular weight excluding hydrogens is 330 g/mol. The van der Waals surface area contributed by atoms with Gasteiger partial charge in [0, 0.05) is 25.2 Å². The number of hydrogen-bond donors (Lipinski definition) is 2. The summed E-state index contributed by atoms with van der Waals surface area (Å²) in [6.45, 7) is 2.29. The van der Waals surface area contributed by atoms with Gasteiger partial charge in [0.2, 0.25) is 5.91 Å². The summed E-state index contributed by atoms with van der Waals surface area (Å²) < 4.78 is 1.68. The van der Waals surface area contributed by atoms with E-state index in [9.17, 15) is 9.59 Å². The second-order valence-electron chi connectivity index (χ2n) is 6.51. The molecule has 3 rings (SSSR count). The third-order valence-corrected chi connectivity index (χ3v) is 4.67. The zero-order chi connectivity index (χ0) is 18.4. The minimum Gasteiger partial charge on any atom is -0.353 e. The van der Waals surface area contributed by atoms with Crippen LogP contribution in [0.25, 0.3) is 5.82 Å². The summed E-state index contributed by atoms with van der Waals surface area (Å²) in [7, 11) is 0. The van der Waals surface area contributed by atoms with Crippen LogP contribution >= 0.6 is 0 Å². The van der Waals surface area contributed by atoms with E-state index in [1.807, 2.05) is 25.1 Å². The summed E-state index contributed by atoms with van der Waals surface area (Å²) in [5, 5.41) is 10.2. The van der Waals surface area contributed by atoms with E-state index in [0.29, 0.717) is 30.4 Å². The van der Waals surface area contributed by atoms with E-state index < -0.39 is 0 Å². The molecular formula is C19H25N5O2. The highest BCUT2D eigenvalue weighted by molar-refractivity contribution is 5.95. The zero-order valence-corrected chi connectivity index (χ0v) is 15.1. The first-order valence-corrected chi connectivity index (χ1v) is 9.25. The van der Waals surface area contributed by atoms with E-state index in [-0.39, 0.29) is 18.2 Å². The van der Waals surface area contributed by atoms with Crippen molar-refractivity contribution in [1.82, 2.24) is 25.4 Å². The van der Waals surface area contributed by atoms with Crippen LogP contribution in [0.5, 0.6) is 0 Å². The van der Waals surface area contributed by atoms with Gasteiger partial charge in [-0.05, 0) is 31.4 Å². The van der Waals surface area contributed by atoms with Crippen molar-refractivity contribution in [2.24, 2.45) is 0 Å². The Bertz CT molecular complexity index is 751. The molecule has 0 aliphatic heterocycles. The first-order valence-electron chi connectivity index (χ1n) is 9.25. The first kappa shape index (κ1) is 18.1. The van der Waals surface area contributed by atoms with Gasteiger partial charge in [-0.25, -0.2) is 9.67 Å². The quantitative estimate of drug-likeness (QED) is 0.795. The average molecular weight is 355 g/mol. The molecule has 0 aromatic carbocycles. The number of hydrogen-bond acceptors (Lipinski definition) is 4. The number of amides is 2. The molecule has 0 unspecified atom stereocenters. The normalized spacial score (nSPS) is 14.3. The van der Waals surface area contributed by atoms with Crippen molar-refractivity contribution >= 4 is 11.8 Å². The lowest BCUT2D eigenvalue weighted by molar-refractivity contribution is -0.121. The van der Waals surface area contributed by atoms with Crippen LogP contribution in [0, 0.1) is 0 Å². The Balaban J connectivity index is 1.56. The van der Waals surface area contributed by atoms with Crippen molar-refractivity contribution in [1.29, 1.82) is 0 Å². The zero-order valence-electron chi connectivity index (χ0n) is 15.1. The smallest absolute Gasteiger partial charge is 0.254 e. The molecule has 2 aromatic rings. The van der Waals surface area contributed by atoms with Gasteiger partial charge < -0.3 is 10.6 Å². The Morgan fingerprint density at radius 3 is 2.77 bits per heavy atom. The van der Waals surface area contributed by atoms with Gasteiger partial charge in [0.05, 0.1) is 17.5 Å². The van der Waals surface area contributed by atoms with Crippen LogP contribution in [0.1, 0.15) is 55.1 Å². The van der Waals surface area contributed by atoms with Crippen LogP contribution in [0.2, 0.25) is 0 Å². The maximum Gasteiger partial charge on any atom is 0.254 e. The summed E-state index contributed by atoms with van der Waals surface area (Å²) in [6.07, 6.45) is 8.68. The standard InChI is InChI=1S/C19H25N5O2/c1-2-16-15(13-22-24(16)17-9-5-6-11-20-17)19(26)21-12-10-18(25)23-14-7-3-4-8-14/h5-6,9,11,13-14H,2-4,7-8,10,12H2,1H3,(H,21,26)(H,23,25). The fraction of sp³-hybridized carbons (Fsp3) is 0.474. The SMILES string of the molecule is CCc1c(C(=O)NCCC(=O)NC2CCCC2)cnn1-c1ccccn1. The summed E-state index contributed by atoms with van der Waals surface area (Å²) in [4.78, 5) is 28.7. The molecule has 2 aromatic heterocycles. The minimum absolute atomic E-state index is 0.00269. The molecule has 138 valence electrons. The van der Waals surface area contributed by atoms with Gasteiger partial charge >= 0.3 is 0 Å². The van der Waals surface area contributed by atoms with Gasteiger partial charge in [-0.1, -0.05) is 25.8 Å². The molecule has 0 radical (unpaired) electrons. The number of nitrogens with zero attached hydrogens (tertiary/aromatic N) is 3. The van der Waals surface area contributed by atoms with Crippen molar-refractivity contribution in [3.8, 4) is 5.82 Å². The molecule has 26 heavy (non-hydrogen) atoms. The van der Waals surface area contributed by atoms with Crippen molar-refractivity contribution in [3.05, 3.63) is 41.9 Å². The van der Waals surface area contributed by atoms with Gasteiger partial charge in [-0.15, -0.1) is 0 Å². The summed E-state index contributed by atoms with van der Waals surface area (Å²) >= 11 is 0. The third kappa shape index (κ3) is 4.28. The van der Waals surface area contributed by atoms with Crippen LogP contribution in [-0.2, 0) is 11.2 Å². The molecule has 7 nitrogen and oxygen atoms in total. The number of nitrogens with one attached hydrogen (secondary N) is 2. The van der Waals surface area contributed by atoms with Crippen LogP contribution in [0.15, 0.2) is 30.6 Å². The van der Waals surface area contributed by atoms with Crippen LogP contribution in [0.3, 0.4) is 0 Å². The monoisotopic (exact) mass is 355 g/mol. The molecule has 0 bridgehead atoms. The topological polar surface area (TPSA) is 88.9 Å². The van der Waals surface area contributed by atoms with E-state index >= 15 is 0 Å². The fourth-order valence-electron chi connectivity index (χ4n) is 3.33. The Morgan fingerprint density at radius 1 is 1.27 bits per heavy atom. The largest absolute Gasteiger partial charge is 0.353 e. The second-order valence-corrected chi connectivity index (χ2v) is 6.51. The highest BCUT2D eigenvalue weighted by atomic mass is 16.2. The number of carbonyl (C=O) groups is 2. The fourth-order valence-corrected chi connectivity index (χ4v) is 3.33. The Hall–Kier alpha value is -2.70. The van der Waals surface area contributed by atoms with Crippen LogP contribution in [0.4, 0.5) is 0 Å². The Labute approximate surface area is 153 Å². The van der Waals surface area contributed by atoms with Crippen molar-refractivity contribution in [2.75, 3.05) is 6.54 Å². The van der Waals surface area contributed by atoms with Crippen LogP contribution in [-0.4, -0.2) is 39.2 Å². The average Bonchev–Trinajstić information content (AvgIpc) is 3.31. The third-order valence-electron chi connectivity index (χ3n) is 4.67. The van der Waals surface area contributed by atoms with E-state index in [1.165, 1.54) is 12.8 Å². The lowest BCUT2D eigenvalue weighted by atomic mass is 10.2. The van der Waals surface area contributed by atoms with E-state index in [1.54, 1.807) is 17.1 Å². The van der Waals surface area contributed by atoms with Crippen molar-refractivity contribution in [3.63, 3.8) is 0 Å². The molecule has 2 N–H and O–H groups in total. The van der Waals surface area contributed by atoms with Gasteiger partial charge in [0.25, 0.3) is 5.91 Å². The maximum atomic E-state index is 12.5. The predicted molar refractivity (Wildman–Crippen MR) is 98.1 cm³/mol. The molecule has 7 heteroatoms. The predicted octanol–water partition coefficient (Wildman–Crippen LogP) is 2.01. The van der Waals surface area contributed by atoms with Gasteiger partial charge in [0.1, 0.15) is 0 Å². The molecule has 1 fully saturated rings. The molecule has 1 saturated carbocycles. The number of rotatable bonds is 7. The highest BCUT2D eigenvalue weighted by Crippen LogP contribution is 2.17. The van der Waals surface area contributed by atoms with Gasteiger partial charge in [-0.3, -0.25) is 9.59 Å². The second kappa shape index (κ2) is 8.60. The van der Waals surface area contributed by atoms with E-state index in [0.717, 1.165) is 18.5 Å². The molecule has 1 aliphatic carbocycles. The minimum atomic E-state index is -0.210. The lowest BCUT2D eigenvalue weighted by Gasteiger charge is -2.12. The first-order chi connectivity index (χ1) is 12.7. The number of carbonyl (C=O) groups excluding carboxylic acids is 2. The molecule has 0 spiro atoms. The number of aromatic nitrogens is 3. The molecule has 2 heterocycles. The van der Waals surface area contributed by atoms with Crippen molar-refractivity contribution < 1.29 is 9.59 Å². The molecule has 0 atom stereocenters. The van der Waals surface area contributed by atoms with Crippen molar-refractivity contribution in [2.45, 2.75) is 51.5 Å². The summed E-state index contributed by atoms with van der Waals surface area (Å²) in [6, 6.07) is 5.87. The highest BCUT2D eigenvalue weighted by Gasteiger charge is 2.19.